The van der Waals surface area contributed by atoms with Crippen molar-refractivity contribution in [2.75, 3.05) is 0 Å². The topological polar surface area (TPSA) is 84.2 Å². The van der Waals surface area contributed by atoms with Crippen LogP contribution in [0.25, 0.3) is 0 Å². The van der Waals surface area contributed by atoms with E-state index in [2.05, 4.69) is 9.71 Å². The van der Waals surface area contributed by atoms with E-state index in [1.54, 1.807) is 34.6 Å². The average molecular weight is 303 g/mol. The smallest absolute Gasteiger partial charge is 0.260 e. The molecule has 1 aromatic heterocycles. The zero-order valence-electron chi connectivity index (χ0n) is 13.1. The van der Waals surface area contributed by atoms with E-state index in [0.29, 0.717) is 5.82 Å². The third-order valence-corrected chi connectivity index (χ3v) is 5.14. The largest absolute Gasteiger partial charge is 0.389 e. The Hall–Kier alpha value is -0.920. The molecule has 0 amide bonds. The highest BCUT2D eigenvalue weighted by molar-refractivity contribution is 7.89. The molecule has 6 nitrogen and oxygen atoms in total. The molecule has 2 N–H and O–H groups in total. The summed E-state index contributed by atoms with van der Waals surface area (Å²) in [5.74, 6) is 0.660. The first kappa shape index (κ1) is 17.1. The Kier molecular flexibility index (Phi) is 4.68. The van der Waals surface area contributed by atoms with Gasteiger partial charge in [-0.3, -0.25) is 0 Å². The minimum Gasteiger partial charge on any atom is -0.389 e. The summed E-state index contributed by atoms with van der Waals surface area (Å²) in [4.78, 5) is 4.10. The molecular formula is C13H25N3O3S. The lowest BCUT2D eigenvalue weighted by molar-refractivity contribution is 0.00636. The number of aryl methyl sites for hydroxylation is 2. The fourth-order valence-electron chi connectivity index (χ4n) is 1.59. The maximum absolute atomic E-state index is 12.4. The molecule has 0 aliphatic carbocycles. The predicted octanol–water partition coefficient (Wildman–Crippen LogP) is 1.43. The molecular weight excluding hydrogens is 278 g/mol. The summed E-state index contributed by atoms with van der Waals surface area (Å²) >= 11 is 0. The van der Waals surface area contributed by atoms with Crippen LogP contribution in [0.4, 0.5) is 0 Å². The summed E-state index contributed by atoms with van der Waals surface area (Å²) in [6.45, 7) is 10.9. The Bertz CT molecular complexity index is 568. The van der Waals surface area contributed by atoms with Crippen LogP contribution < -0.4 is 4.72 Å². The minimum atomic E-state index is -3.76. The number of hydrogen-bond donors (Lipinski definition) is 2. The summed E-state index contributed by atoms with van der Waals surface area (Å²) in [7, 11) is -3.76. The molecule has 116 valence electrons. The monoisotopic (exact) mass is 303 g/mol. The number of aliphatic hydroxyl groups is 1. The van der Waals surface area contributed by atoms with E-state index in [4.69, 9.17) is 0 Å². The molecule has 0 saturated heterocycles. The number of nitrogens with zero attached hydrogens (tertiary/aromatic N) is 2. The van der Waals surface area contributed by atoms with Crippen LogP contribution in [-0.4, -0.2) is 34.2 Å². The second-order valence-electron chi connectivity index (χ2n) is 6.11. The van der Waals surface area contributed by atoms with E-state index in [9.17, 15) is 13.5 Å². The molecule has 7 heteroatoms. The van der Waals surface area contributed by atoms with Gasteiger partial charge in [-0.05, 0) is 41.0 Å². The first-order valence-corrected chi connectivity index (χ1v) is 8.19. The first-order chi connectivity index (χ1) is 8.90. The van der Waals surface area contributed by atoms with E-state index >= 15 is 0 Å². The molecule has 1 heterocycles. The molecule has 0 aromatic carbocycles. The van der Waals surface area contributed by atoms with Crippen LogP contribution in [-0.2, 0) is 16.6 Å². The molecule has 0 aliphatic rings. The van der Waals surface area contributed by atoms with Gasteiger partial charge in [0, 0.05) is 12.7 Å². The second-order valence-corrected chi connectivity index (χ2v) is 7.74. The number of sulfonamides is 1. The molecule has 20 heavy (non-hydrogen) atoms. The molecule has 0 fully saturated rings. The first-order valence-electron chi connectivity index (χ1n) is 6.71. The lowest BCUT2D eigenvalue weighted by Gasteiger charge is -2.37. The van der Waals surface area contributed by atoms with Gasteiger partial charge >= 0.3 is 0 Å². The molecule has 1 rings (SSSR count). The SMILES string of the molecule is CCCn1cc(S(=O)(=O)NC(C)(C)C(C)(C)O)nc1C. The van der Waals surface area contributed by atoms with Crippen molar-refractivity contribution in [1.82, 2.24) is 14.3 Å². The van der Waals surface area contributed by atoms with Gasteiger partial charge in [0.1, 0.15) is 5.82 Å². The minimum absolute atomic E-state index is 0.0132. The van der Waals surface area contributed by atoms with Gasteiger partial charge in [0.15, 0.2) is 5.03 Å². The Balaban J connectivity index is 3.09. The van der Waals surface area contributed by atoms with Gasteiger partial charge in [-0.2, -0.15) is 0 Å². The van der Waals surface area contributed by atoms with Crippen LogP contribution in [0.2, 0.25) is 0 Å². The third kappa shape index (κ3) is 3.59. The van der Waals surface area contributed by atoms with Gasteiger partial charge in [-0.15, -0.1) is 0 Å². The normalized spacial score (nSPS) is 13.8. The van der Waals surface area contributed by atoms with Gasteiger partial charge in [0.05, 0.1) is 11.1 Å². The molecule has 0 aliphatic heterocycles. The van der Waals surface area contributed by atoms with Crippen LogP contribution in [0.3, 0.4) is 0 Å². The summed E-state index contributed by atoms with van der Waals surface area (Å²) in [5, 5.41) is 10.0. The molecule has 0 radical (unpaired) electrons. The maximum atomic E-state index is 12.4. The van der Waals surface area contributed by atoms with Crippen molar-refractivity contribution >= 4 is 10.0 Å². The van der Waals surface area contributed by atoms with Gasteiger partial charge in [0.2, 0.25) is 0 Å². The lowest BCUT2D eigenvalue weighted by atomic mass is 9.87. The van der Waals surface area contributed by atoms with E-state index in [-0.39, 0.29) is 5.03 Å². The lowest BCUT2D eigenvalue weighted by Crippen LogP contribution is -2.57. The summed E-state index contributed by atoms with van der Waals surface area (Å²) in [5.41, 5.74) is -2.20. The van der Waals surface area contributed by atoms with E-state index in [1.807, 2.05) is 11.5 Å². The number of imidazole rings is 1. The van der Waals surface area contributed by atoms with Crippen molar-refractivity contribution in [3.63, 3.8) is 0 Å². The van der Waals surface area contributed by atoms with Crippen LogP contribution in [0.15, 0.2) is 11.2 Å². The zero-order valence-corrected chi connectivity index (χ0v) is 13.9. The number of nitrogens with one attached hydrogen (secondary N) is 1. The van der Waals surface area contributed by atoms with Crippen LogP contribution in [0, 0.1) is 6.92 Å². The van der Waals surface area contributed by atoms with Gasteiger partial charge in [-0.25, -0.2) is 18.1 Å². The van der Waals surface area contributed by atoms with Crippen molar-refractivity contribution in [3.8, 4) is 0 Å². The average Bonchev–Trinajstić information content (AvgIpc) is 2.58. The highest BCUT2D eigenvalue weighted by Crippen LogP contribution is 2.23. The van der Waals surface area contributed by atoms with Crippen LogP contribution in [0.1, 0.15) is 46.9 Å². The molecule has 0 saturated carbocycles. The van der Waals surface area contributed by atoms with E-state index in [0.717, 1.165) is 13.0 Å². The molecule has 0 unspecified atom stereocenters. The fourth-order valence-corrected chi connectivity index (χ4v) is 3.13. The van der Waals surface area contributed by atoms with E-state index in [1.165, 1.54) is 6.20 Å². The van der Waals surface area contributed by atoms with Crippen molar-refractivity contribution in [2.24, 2.45) is 0 Å². The Morgan fingerprint density at radius 3 is 2.35 bits per heavy atom. The Morgan fingerprint density at radius 2 is 1.90 bits per heavy atom. The van der Waals surface area contributed by atoms with Crippen LogP contribution >= 0.6 is 0 Å². The van der Waals surface area contributed by atoms with Crippen molar-refractivity contribution < 1.29 is 13.5 Å². The highest BCUT2D eigenvalue weighted by Gasteiger charge is 2.39. The number of hydrogen-bond acceptors (Lipinski definition) is 4. The van der Waals surface area contributed by atoms with Gasteiger partial charge in [-0.1, -0.05) is 6.92 Å². The quantitative estimate of drug-likeness (QED) is 0.832. The fraction of sp³-hybridized carbons (Fsp3) is 0.769. The molecule has 0 spiro atoms. The predicted molar refractivity (Wildman–Crippen MR) is 78.0 cm³/mol. The number of rotatable bonds is 6. The summed E-state index contributed by atoms with van der Waals surface area (Å²) in [6, 6.07) is 0. The summed E-state index contributed by atoms with van der Waals surface area (Å²) in [6.07, 6.45) is 2.43. The van der Waals surface area contributed by atoms with Gasteiger partial charge < -0.3 is 9.67 Å². The van der Waals surface area contributed by atoms with Crippen LogP contribution in [0.5, 0.6) is 0 Å². The molecule has 0 atom stereocenters. The Morgan fingerprint density at radius 1 is 1.35 bits per heavy atom. The van der Waals surface area contributed by atoms with Gasteiger partial charge in [0.25, 0.3) is 10.0 Å². The maximum Gasteiger partial charge on any atom is 0.260 e. The number of aromatic nitrogens is 2. The van der Waals surface area contributed by atoms with Crippen molar-refractivity contribution in [1.29, 1.82) is 0 Å². The highest BCUT2D eigenvalue weighted by atomic mass is 32.2. The zero-order chi connectivity index (χ0) is 15.8. The van der Waals surface area contributed by atoms with E-state index < -0.39 is 21.2 Å². The molecule has 0 bridgehead atoms. The summed E-state index contributed by atoms with van der Waals surface area (Å²) < 4.78 is 29.1. The Labute approximate surface area is 121 Å². The standard InChI is InChI=1S/C13H25N3O3S/c1-7-8-16-9-11(14-10(16)2)20(18,19)15-12(3,4)13(5,6)17/h9,15,17H,7-8H2,1-6H3. The van der Waals surface area contributed by atoms with Crippen molar-refractivity contribution in [2.45, 2.75) is 70.7 Å². The third-order valence-electron chi connectivity index (χ3n) is 3.61. The van der Waals surface area contributed by atoms with Crippen molar-refractivity contribution in [3.05, 3.63) is 12.0 Å². The molecule has 1 aromatic rings. The second kappa shape index (κ2) is 5.46.